The fraction of sp³-hybridized carbons (Fsp3) is 0.294. The average Bonchev–Trinajstić information content (AvgIpc) is 3.18. The van der Waals surface area contributed by atoms with E-state index in [4.69, 9.17) is 0 Å². The SMILES string of the molecule is O=c1[nH]c(CN2CCCC2c2cccs2)nc2ccccc12. The maximum absolute atomic E-state index is 12.2. The van der Waals surface area contributed by atoms with Gasteiger partial charge < -0.3 is 4.98 Å². The molecule has 0 bridgehead atoms. The summed E-state index contributed by atoms with van der Waals surface area (Å²) in [4.78, 5) is 23.5. The molecule has 1 N–H and O–H groups in total. The van der Waals surface area contributed by atoms with Gasteiger partial charge in [-0.25, -0.2) is 4.98 Å². The predicted octanol–water partition coefficient (Wildman–Crippen LogP) is 3.32. The van der Waals surface area contributed by atoms with E-state index in [1.807, 2.05) is 24.3 Å². The van der Waals surface area contributed by atoms with Gasteiger partial charge in [0.2, 0.25) is 0 Å². The molecule has 0 saturated carbocycles. The van der Waals surface area contributed by atoms with Crippen molar-refractivity contribution in [2.24, 2.45) is 0 Å². The van der Waals surface area contributed by atoms with Gasteiger partial charge >= 0.3 is 0 Å². The molecule has 3 heterocycles. The Kier molecular flexibility index (Phi) is 3.52. The van der Waals surface area contributed by atoms with Gasteiger partial charge in [-0.05, 0) is 43.0 Å². The van der Waals surface area contributed by atoms with Gasteiger partial charge in [0.1, 0.15) is 5.82 Å². The molecule has 1 aliphatic rings. The number of benzene rings is 1. The number of thiophene rings is 1. The Balaban J connectivity index is 1.64. The Bertz CT molecular complexity index is 840. The summed E-state index contributed by atoms with van der Waals surface area (Å²) in [6.07, 6.45) is 2.37. The lowest BCUT2D eigenvalue weighted by molar-refractivity contribution is 0.245. The molecule has 4 nitrogen and oxygen atoms in total. The highest BCUT2D eigenvalue weighted by Gasteiger charge is 2.27. The summed E-state index contributed by atoms with van der Waals surface area (Å²) in [7, 11) is 0. The Morgan fingerprint density at radius 2 is 2.18 bits per heavy atom. The van der Waals surface area contributed by atoms with Crippen molar-refractivity contribution < 1.29 is 0 Å². The van der Waals surface area contributed by atoms with Crippen LogP contribution in [0.3, 0.4) is 0 Å². The number of nitrogens with one attached hydrogen (secondary N) is 1. The lowest BCUT2D eigenvalue weighted by atomic mass is 10.2. The van der Waals surface area contributed by atoms with E-state index in [1.54, 1.807) is 11.3 Å². The highest BCUT2D eigenvalue weighted by molar-refractivity contribution is 7.10. The molecule has 112 valence electrons. The first-order valence-electron chi connectivity index (χ1n) is 7.56. The van der Waals surface area contributed by atoms with Crippen LogP contribution in [0.25, 0.3) is 10.9 Å². The van der Waals surface area contributed by atoms with Crippen LogP contribution in [-0.4, -0.2) is 21.4 Å². The normalized spacial score (nSPS) is 19.0. The molecule has 2 aromatic heterocycles. The highest BCUT2D eigenvalue weighted by Crippen LogP contribution is 2.35. The van der Waals surface area contributed by atoms with E-state index in [0.29, 0.717) is 18.0 Å². The van der Waals surface area contributed by atoms with Crippen molar-refractivity contribution in [1.29, 1.82) is 0 Å². The van der Waals surface area contributed by atoms with E-state index in [0.717, 1.165) is 17.9 Å². The number of nitrogens with zero attached hydrogens (tertiary/aromatic N) is 2. The second-order valence-electron chi connectivity index (χ2n) is 5.67. The Hall–Kier alpha value is -1.98. The number of H-pyrrole nitrogens is 1. The van der Waals surface area contributed by atoms with Gasteiger partial charge in [0, 0.05) is 10.9 Å². The Morgan fingerprint density at radius 3 is 3.05 bits per heavy atom. The van der Waals surface area contributed by atoms with Gasteiger partial charge in [0.15, 0.2) is 0 Å². The largest absolute Gasteiger partial charge is 0.309 e. The molecule has 1 atom stereocenters. The van der Waals surface area contributed by atoms with Gasteiger partial charge in [0.05, 0.1) is 17.4 Å². The van der Waals surface area contributed by atoms with Gasteiger partial charge in [-0.2, -0.15) is 0 Å². The van der Waals surface area contributed by atoms with E-state index in [-0.39, 0.29) is 5.56 Å². The second-order valence-corrected chi connectivity index (χ2v) is 6.65. The zero-order chi connectivity index (χ0) is 14.9. The summed E-state index contributed by atoms with van der Waals surface area (Å²) in [5.41, 5.74) is 0.723. The molecule has 5 heteroatoms. The molecule has 1 aromatic carbocycles. The van der Waals surface area contributed by atoms with Crippen molar-refractivity contribution >= 4 is 22.2 Å². The van der Waals surface area contributed by atoms with E-state index >= 15 is 0 Å². The third-order valence-electron chi connectivity index (χ3n) is 4.25. The quantitative estimate of drug-likeness (QED) is 0.807. The van der Waals surface area contributed by atoms with Crippen molar-refractivity contribution in [2.45, 2.75) is 25.4 Å². The van der Waals surface area contributed by atoms with Crippen molar-refractivity contribution in [3.8, 4) is 0 Å². The van der Waals surface area contributed by atoms with Crippen LogP contribution < -0.4 is 5.56 Å². The molecule has 0 amide bonds. The molecule has 22 heavy (non-hydrogen) atoms. The summed E-state index contributed by atoms with van der Waals surface area (Å²) in [5.74, 6) is 0.757. The van der Waals surface area contributed by atoms with Crippen LogP contribution in [0.15, 0.2) is 46.6 Å². The third-order valence-corrected chi connectivity index (χ3v) is 5.22. The number of para-hydroxylation sites is 1. The fourth-order valence-corrected chi connectivity index (χ4v) is 4.12. The molecule has 0 aliphatic carbocycles. The number of fused-ring (bicyclic) bond motifs is 1. The van der Waals surface area contributed by atoms with Crippen LogP contribution in [0, 0.1) is 0 Å². The van der Waals surface area contributed by atoms with Gasteiger partial charge in [-0.3, -0.25) is 9.69 Å². The van der Waals surface area contributed by atoms with E-state index in [1.165, 1.54) is 17.7 Å². The van der Waals surface area contributed by atoms with Crippen LogP contribution >= 0.6 is 11.3 Å². The first-order valence-corrected chi connectivity index (χ1v) is 8.44. The number of aromatic amines is 1. The monoisotopic (exact) mass is 311 g/mol. The molecule has 1 fully saturated rings. The third kappa shape index (κ3) is 2.46. The topological polar surface area (TPSA) is 49.0 Å². The molecule has 0 radical (unpaired) electrons. The van der Waals surface area contributed by atoms with E-state index in [9.17, 15) is 4.79 Å². The van der Waals surface area contributed by atoms with Crippen LogP contribution in [0.4, 0.5) is 0 Å². The van der Waals surface area contributed by atoms with Crippen LogP contribution in [0.1, 0.15) is 29.6 Å². The molecule has 3 aromatic rings. The number of aromatic nitrogens is 2. The minimum atomic E-state index is -0.0486. The molecule has 1 saturated heterocycles. The molecule has 1 aliphatic heterocycles. The van der Waals surface area contributed by atoms with Crippen LogP contribution in [0.2, 0.25) is 0 Å². The van der Waals surface area contributed by atoms with Gasteiger partial charge in [-0.1, -0.05) is 18.2 Å². The van der Waals surface area contributed by atoms with Crippen molar-refractivity contribution in [3.63, 3.8) is 0 Å². The summed E-state index contributed by atoms with van der Waals surface area (Å²) in [6, 6.07) is 12.3. The number of rotatable bonds is 3. The fourth-order valence-electron chi connectivity index (χ4n) is 3.22. The number of hydrogen-bond acceptors (Lipinski definition) is 4. The first kappa shape index (κ1) is 13.7. The summed E-state index contributed by atoms with van der Waals surface area (Å²) in [6.45, 7) is 1.75. The lowest BCUT2D eigenvalue weighted by Crippen LogP contribution is -2.25. The summed E-state index contributed by atoms with van der Waals surface area (Å²) < 4.78 is 0. The predicted molar refractivity (Wildman–Crippen MR) is 89.1 cm³/mol. The zero-order valence-electron chi connectivity index (χ0n) is 12.2. The van der Waals surface area contributed by atoms with Crippen molar-refractivity contribution in [1.82, 2.24) is 14.9 Å². The average molecular weight is 311 g/mol. The second kappa shape index (κ2) is 5.66. The molecule has 1 unspecified atom stereocenters. The summed E-state index contributed by atoms with van der Waals surface area (Å²) in [5, 5.41) is 2.78. The van der Waals surface area contributed by atoms with E-state index < -0.39 is 0 Å². The van der Waals surface area contributed by atoms with Gasteiger partial charge in [0.25, 0.3) is 5.56 Å². The van der Waals surface area contributed by atoms with Crippen molar-refractivity contribution in [3.05, 3.63) is 62.8 Å². The van der Waals surface area contributed by atoms with E-state index in [2.05, 4.69) is 32.4 Å². The first-order chi connectivity index (χ1) is 10.8. The standard InChI is InChI=1S/C17H17N3OS/c21-17-12-5-1-2-6-13(12)18-16(19-17)11-20-9-3-7-14(20)15-8-4-10-22-15/h1-2,4-6,8,10,14H,3,7,9,11H2,(H,18,19,21). The molecular weight excluding hydrogens is 294 g/mol. The van der Waals surface area contributed by atoms with Crippen molar-refractivity contribution in [2.75, 3.05) is 6.54 Å². The minimum absolute atomic E-state index is 0.0486. The maximum atomic E-state index is 12.2. The van der Waals surface area contributed by atoms with Crippen LogP contribution in [0.5, 0.6) is 0 Å². The molecule has 0 spiro atoms. The minimum Gasteiger partial charge on any atom is -0.309 e. The smallest absolute Gasteiger partial charge is 0.258 e. The zero-order valence-corrected chi connectivity index (χ0v) is 13.0. The molecular formula is C17H17N3OS. The number of likely N-dealkylation sites (tertiary alicyclic amines) is 1. The Labute approximate surface area is 132 Å². The van der Waals surface area contributed by atoms with Gasteiger partial charge in [-0.15, -0.1) is 11.3 Å². The molecule has 4 rings (SSSR count). The number of hydrogen-bond donors (Lipinski definition) is 1. The Morgan fingerprint density at radius 1 is 1.27 bits per heavy atom. The lowest BCUT2D eigenvalue weighted by Gasteiger charge is -2.22. The summed E-state index contributed by atoms with van der Waals surface area (Å²) >= 11 is 1.81. The van der Waals surface area contributed by atoms with Crippen LogP contribution in [-0.2, 0) is 6.54 Å². The maximum Gasteiger partial charge on any atom is 0.258 e. The highest BCUT2D eigenvalue weighted by atomic mass is 32.1.